The number of nitrogens with one attached hydrogen (secondary N) is 1. The molecule has 0 aromatic heterocycles. The lowest BCUT2D eigenvalue weighted by Crippen LogP contribution is -2.50. The third-order valence-electron chi connectivity index (χ3n) is 5.26. The van der Waals surface area contributed by atoms with Gasteiger partial charge in [0.2, 0.25) is 0 Å². The Bertz CT molecular complexity index is 859. The fraction of sp³-hybridized carbons (Fsp3) is 0.391. The molecule has 1 heterocycles. The molecule has 148 valence electrons. The molecule has 0 radical (unpaired) electrons. The highest BCUT2D eigenvalue weighted by atomic mass is 16.5. The molecule has 0 saturated carbocycles. The molecule has 1 N–H and O–H groups in total. The van der Waals surface area contributed by atoms with Gasteiger partial charge >= 0.3 is 0 Å². The topological polar surface area (TPSA) is 58.6 Å². The first kappa shape index (κ1) is 20.1. The molecule has 2 amide bonds. The maximum atomic E-state index is 12.4. The highest BCUT2D eigenvalue weighted by Gasteiger charge is 2.28. The standard InChI is InChI=1S/C23H28N2O3/c1-15(2)18-6-8-19(9-7-18)23(27)24-12-21-13-25(22(26)14-28-21)20-10-5-16(3)17(4)11-20/h5-11,15,21H,12-14H2,1-4H3,(H,24,27). The van der Waals surface area contributed by atoms with E-state index in [1.165, 1.54) is 11.1 Å². The van der Waals surface area contributed by atoms with Gasteiger partial charge in [-0.3, -0.25) is 9.59 Å². The van der Waals surface area contributed by atoms with E-state index in [0.29, 0.717) is 24.6 Å². The van der Waals surface area contributed by atoms with Crippen LogP contribution in [0, 0.1) is 13.8 Å². The Morgan fingerprint density at radius 1 is 1.14 bits per heavy atom. The van der Waals surface area contributed by atoms with Crippen LogP contribution in [0.15, 0.2) is 42.5 Å². The zero-order valence-electron chi connectivity index (χ0n) is 17.0. The molecule has 3 rings (SSSR count). The van der Waals surface area contributed by atoms with Gasteiger partial charge in [0.1, 0.15) is 6.61 Å². The molecule has 0 aliphatic carbocycles. The Morgan fingerprint density at radius 3 is 2.50 bits per heavy atom. The normalized spacial score (nSPS) is 17.1. The smallest absolute Gasteiger partial charge is 0.253 e. The SMILES string of the molecule is Cc1ccc(N2CC(CNC(=O)c3ccc(C(C)C)cc3)OCC2=O)cc1C. The van der Waals surface area contributed by atoms with Crippen molar-refractivity contribution >= 4 is 17.5 Å². The lowest BCUT2D eigenvalue weighted by Gasteiger charge is -2.33. The second kappa shape index (κ2) is 8.57. The van der Waals surface area contributed by atoms with Crippen molar-refractivity contribution in [3.05, 3.63) is 64.7 Å². The van der Waals surface area contributed by atoms with Crippen LogP contribution in [-0.2, 0) is 9.53 Å². The van der Waals surface area contributed by atoms with Crippen molar-refractivity contribution in [2.45, 2.75) is 39.7 Å². The van der Waals surface area contributed by atoms with E-state index in [1.807, 2.05) is 56.3 Å². The van der Waals surface area contributed by atoms with Crippen LogP contribution in [0.2, 0.25) is 0 Å². The van der Waals surface area contributed by atoms with Crippen molar-refractivity contribution in [3.63, 3.8) is 0 Å². The second-order valence-corrected chi connectivity index (χ2v) is 7.69. The number of hydrogen-bond acceptors (Lipinski definition) is 3. The summed E-state index contributed by atoms with van der Waals surface area (Å²) in [5.74, 6) is 0.241. The highest BCUT2D eigenvalue weighted by Crippen LogP contribution is 2.22. The summed E-state index contributed by atoms with van der Waals surface area (Å²) in [6, 6.07) is 13.6. The number of carbonyl (C=O) groups is 2. The first-order valence-electron chi connectivity index (χ1n) is 9.72. The van der Waals surface area contributed by atoms with Gasteiger partial charge in [-0.15, -0.1) is 0 Å². The minimum Gasteiger partial charge on any atom is -0.365 e. The van der Waals surface area contributed by atoms with E-state index < -0.39 is 0 Å². The Balaban J connectivity index is 1.60. The highest BCUT2D eigenvalue weighted by molar-refractivity contribution is 5.95. The average molecular weight is 380 g/mol. The van der Waals surface area contributed by atoms with Crippen LogP contribution in [0.3, 0.4) is 0 Å². The third kappa shape index (κ3) is 4.60. The van der Waals surface area contributed by atoms with Crippen molar-refractivity contribution in [2.75, 3.05) is 24.6 Å². The molecular weight excluding hydrogens is 352 g/mol. The van der Waals surface area contributed by atoms with Gasteiger partial charge < -0.3 is 15.0 Å². The van der Waals surface area contributed by atoms with Crippen LogP contribution in [0.1, 0.15) is 46.8 Å². The quantitative estimate of drug-likeness (QED) is 0.862. The number of anilines is 1. The fourth-order valence-electron chi connectivity index (χ4n) is 3.22. The molecule has 0 bridgehead atoms. The van der Waals surface area contributed by atoms with E-state index in [2.05, 4.69) is 19.2 Å². The molecule has 1 aliphatic heterocycles. The summed E-state index contributed by atoms with van der Waals surface area (Å²) < 4.78 is 5.63. The molecule has 2 aromatic rings. The summed E-state index contributed by atoms with van der Waals surface area (Å²) in [6.07, 6.45) is -0.238. The maximum Gasteiger partial charge on any atom is 0.253 e. The Hall–Kier alpha value is -2.66. The molecule has 1 atom stereocenters. The van der Waals surface area contributed by atoms with E-state index in [0.717, 1.165) is 11.3 Å². The van der Waals surface area contributed by atoms with Gasteiger partial charge in [-0.1, -0.05) is 32.0 Å². The largest absolute Gasteiger partial charge is 0.365 e. The molecule has 0 spiro atoms. The number of benzene rings is 2. The second-order valence-electron chi connectivity index (χ2n) is 7.69. The van der Waals surface area contributed by atoms with E-state index in [-0.39, 0.29) is 24.5 Å². The van der Waals surface area contributed by atoms with E-state index in [4.69, 9.17) is 4.74 Å². The van der Waals surface area contributed by atoms with Crippen molar-refractivity contribution in [1.82, 2.24) is 5.32 Å². The number of morpholine rings is 1. The van der Waals surface area contributed by atoms with E-state index in [1.54, 1.807) is 4.90 Å². The van der Waals surface area contributed by atoms with Crippen molar-refractivity contribution < 1.29 is 14.3 Å². The van der Waals surface area contributed by atoms with Gasteiger partial charge in [-0.05, 0) is 60.7 Å². The molecule has 1 saturated heterocycles. The predicted octanol–water partition coefficient (Wildman–Crippen LogP) is 3.59. The monoisotopic (exact) mass is 380 g/mol. The minimum atomic E-state index is -0.238. The first-order chi connectivity index (χ1) is 13.3. The molecular formula is C23H28N2O3. The third-order valence-corrected chi connectivity index (χ3v) is 5.26. The fourth-order valence-corrected chi connectivity index (χ4v) is 3.22. The number of nitrogens with zero attached hydrogens (tertiary/aromatic N) is 1. The maximum absolute atomic E-state index is 12.4. The summed E-state index contributed by atoms with van der Waals surface area (Å²) in [4.78, 5) is 26.5. The van der Waals surface area contributed by atoms with Gasteiger partial charge in [0, 0.05) is 17.8 Å². The molecule has 2 aromatic carbocycles. The lowest BCUT2D eigenvalue weighted by molar-refractivity contribution is -0.129. The Labute approximate surface area is 166 Å². The number of carbonyl (C=O) groups excluding carboxylic acids is 2. The zero-order valence-corrected chi connectivity index (χ0v) is 17.0. The van der Waals surface area contributed by atoms with Gasteiger partial charge in [-0.2, -0.15) is 0 Å². The van der Waals surface area contributed by atoms with Gasteiger partial charge in [0.25, 0.3) is 11.8 Å². The minimum absolute atomic E-state index is 0.0244. The Morgan fingerprint density at radius 2 is 1.86 bits per heavy atom. The van der Waals surface area contributed by atoms with Crippen LogP contribution in [0.5, 0.6) is 0 Å². The summed E-state index contributed by atoms with van der Waals surface area (Å²) >= 11 is 0. The van der Waals surface area contributed by atoms with Crippen LogP contribution in [-0.4, -0.2) is 37.6 Å². The van der Waals surface area contributed by atoms with Gasteiger partial charge in [0.05, 0.1) is 12.6 Å². The van der Waals surface area contributed by atoms with Crippen molar-refractivity contribution in [1.29, 1.82) is 0 Å². The predicted molar refractivity (Wildman–Crippen MR) is 111 cm³/mol. The molecule has 1 unspecified atom stereocenters. The van der Waals surface area contributed by atoms with Crippen LogP contribution >= 0.6 is 0 Å². The van der Waals surface area contributed by atoms with Crippen LogP contribution in [0.25, 0.3) is 0 Å². The number of ether oxygens (including phenoxy) is 1. The Kier molecular flexibility index (Phi) is 6.15. The molecule has 28 heavy (non-hydrogen) atoms. The first-order valence-corrected chi connectivity index (χ1v) is 9.72. The lowest BCUT2D eigenvalue weighted by atomic mass is 10.0. The van der Waals surface area contributed by atoms with Crippen molar-refractivity contribution in [3.8, 4) is 0 Å². The van der Waals surface area contributed by atoms with E-state index >= 15 is 0 Å². The van der Waals surface area contributed by atoms with Gasteiger partial charge in [-0.25, -0.2) is 0 Å². The van der Waals surface area contributed by atoms with Crippen LogP contribution in [0.4, 0.5) is 5.69 Å². The number of aryl methyl sites for hydroxylation is 2. The number of rotatable bonds is 5. The summed E-state index contributed by atoms with van der Waals surface area (Å²) in [7, 11) is 0. The summed E-state index contributed by atoms with van der Waals surface area (Å²) in [5.41, 5.74) is 5.04. The average Bonchev–Trinajstić information content (AvgIpc) is 2.69. The molecule has 1 fully saturated rings. The zero-order chi connectivity index (χ0) is 20.3. The summed E-state index contributed by atoms with van der Waals surface area (Å²) in [6.45, 7) is 9.14. The number of hydrogen-bond donors (Lipinski definition) is 1. The summed E-state index contributed by atoms with van der Waals surface area (Å²) in [5, 5.41) is 2.92. The number of amides is 2. The van der Waals surface area contributed by atoms with Crippen LogP contribution < -0.4 is 10.2 Å². The molecule has 5 nitrogen and oxygen atoms in total. The van der Waals surface area contributed by atoms with Crippen molar-refractivity contribution in [2.24, 2.45) is 0 Å². The molecule has 5 heteroatoms. The van der Waals surface area contributed by atoms with E-state index in [9.17, 15) is 9.59 Å². The molecule has 1 aliphatic rings. The van der Waals surface area contributed by atoms with Gasteiger partial charge in [0.15, 0.2) is 0 Å².